The monoisotopic (exact) mass is 376 g/mol. The van der Waals surface area contributed by atoms with Crippen molar-refractivity contribution in [3.63, 3.8) is 0 Å². The average Bonchev–Trinajstić information content (AvgIpc) is 3.19. The lowest BCUT2D eigenvalue weighted by molar-refractivity contribution is 0.0711. The molecule has 7 heteroatoms. The average molecular weight is 377 g/mol. The van der Waals surface area contributed by atoms with Crippen LogP contribution < -0.4 is 10.1 Å². The number of rotatable bonds is 10. The molecule has 142 valence electrons. The highest BCUT2D eigenvalue weighted by molar-refractivity contribution is 7.99. The molecular weight excluding hydrogens is 348 g/mol. The Kier molecular flexibility index (Phi) is 7.82. The van der Waals surface area contributed by atoms with Crippen molar-refractivity contribution in [1.82, 2.24) is 20.2 Å². The van der Waals surface area contributed by atoms with E-state index < -0.39 is 6.10 Å². The van der Waals surface area contributed by atoms with Crippen LogP contribution in [0.4, 0.5) is 0 Å². The predicted molar refractivity (Wildman–Crippen MR) is 106 cm³/mol. The summed E-state index contributed by atoms with van der Waals surface area (Å²) in [4.78, 5) is 9.44. The number of thioether (sulfide) groups is 1. The fourth-order valence-electron chi connectivity index (χ4n) is 2.98. The van der Waals surface area contributed by atoms with Gasteiger partial charge in [0, 0.05) is 68.1 Å². The predicted octanol–water partition coefficient (Wildman–Crippen LogP) is 1.53. The largest absolute Gasteiger partial charge is 0.491 e. The van der Waals surface area contributed by atoms with Gasteiger partial charge < -0.3 is 20.1 Å². The molecule has 2 heterocycles. The number of nitrogens with one attached hydrogen (secondary N) is 2. The van der Waals surface area contributed by atoms with Gasteiger partial charge in [-0.05, 0) is 6.07 Å². The molecule has 0 amide bonds. The summed E-state index contributed by atoms with van der Waals surface area (Å²) in [5.41, 5.74) is 2.24. The highest BCUT2D eigenvalue weighted by Crippen LogP contribution is 2.18. The number of hydrogen-bond acceptors (Lipinski definition) is 6. The molecule has 1 aliphatic rings. The molecule has 1 fully saturated rings. The van der Waals surface area contributed by atoms with E-state index in [1.807, 2.05) is 36.2 Å². The number of aliphatic hydroxyl groups is 1. The lowest BCUT2D eigenvalue weighted by Gasteiger charge is -2.28. The molecular formula is C19H28N4O2S. The van der Waals surface area contributed by atoms with Crippen molar-refractivity contribution < 1.29 is 9.84 Å². The summed E-state index contributed by atoms with van der Waals surface area (Å²) in [5.74, 6) is 3.15. The van der Waals surface area contributed by atoms with Crippen molar-refractivity contribution in [3.05, 3.63) is 48.0 Å². The zero-order valence-electron chi connectivity index (χ0n) is 15.1. The van der Waals surface area contributed by atoms with E-state index in [-0.39, 0.29) is 0 Å². The Morgan fingerprint density at radius 3 is 2.96 bits per heavy atom. The Labute approximate surface area is 159 Å². The highest BCUT2D eigenvalue weighted by Gasteiger charge is 2.15. The van der Waals surface area contributed by atoms with Crippen molar-refractivity contribution in [2.75, 3.05) is 44.3 Å². The van der Waals surface area contributed by atoms with E-state index in [1.54, 1.807) is 6.33 Å². The second-order valence-electron chi connectivity index (χ2n) is 6.49. The fraction of sp³-hybridized carbons (Fsp3) is 0.526. The van der Waals surface area contributed by atoms with Gasteiger partial charge in [0.25, 0.3) is 0 Å². The van der Waals surface area contributed by atoms with Crippen LogP contribution in [-0.4, -0.2) is 70.4 Å². The van der Waals surface area contributed by atoms with Gasteiger partial charge in [-0.15, -0.1) is 0 Å². The van der Waals surface area contributed by atoms with Crippen LogP contribution in [-0.2, 0) is 13.0 Å². The Morgan fingerprint density at radius 2 is 2.15 bits per heavy atom. The first-order valence-electron chi connectivity index (χ1n) is 9.18. The Balaban J connectivity index is 1.41. The lowest BCUT2D eigenvalue weighted by atomic mass is 10.2. The number of β-amino-alcohol motifs (C(OH)–C–C–N with tert-alkyl or cyclic N) is 1. The third kappa shape index (κ3) is 6.32. The Hall–Kier alpha value is -1.54. The van der Waals surface area contributed by atoms with Gasteiger partial charge in [0.15, 0.2) is 0 Å². The molecule has 3 rings (SSSR count). The number of para-hydroxylation sites is 1. The van der Waals surface area contributed by atoms with Crippen LogP contribution in [0.15, 0.2) is 36.8 Å². The van der Waals surface area contributed by atoms with Crippen LogP contribution in [0.2, 0.25) is 0 Å². The number of nitrogens with zero attached hydrogens (tertiary/aromatic N) is 2. The second-order valence-corrected chi connectivity index (χ2v) is 7.71. The Morgan fingerprint density at radius 1 is 1.31 bits per heavy atom. The van der Waals surface area contributed by atoms with E-state index >= 15 is 0 Å². The number of ether oxygens (including phenoxy) is 1. The van der Waals surface area contributed by atoms with Crippen molar-refractivity contribution in [2.24, 2.45) is 0 Å². The van der Waals surface area contributed by atoms with Crippen LogP contribution >= 0.6 is 11.8 Å². The van der Waals surface area contributed by atoms with Crippen molar-refractivity contribution in [2.45, 2.75) is 19.1 Å². The molecule has 1 saturated heterocycles. The van der Waals surface area contributed by atoms with Gasteiger partial charge in [-0.2, -0.15) is 11.8 Å². The SMILES string of the molecule is OC(COc1ccccc1CNCCc1cnc[nH]1)CN1CCSCC1. The molecule has 0 spiro atoms. The van der Waals surface area contributed by atoms with Crippen LogP contribution in [0.5, 0.6) is 5.75 Å². The maximum atomic E-state index is 10.3. The molecule has 0 saturated carbocycles. The molecule has 2 aromatic rings. The number of aliphatic hydroxyl groups excluding tert-OH is 1. The van der Waals surface area contributed by atoms with Crippen LogP contribution in [0, 0.1) is 0 Å². The van der Waals surface area contributed by atoms with Gasteiger partial charge in [0.1, 0.15) is 18.5 Å². The van der Waals surface area contributed by atoms with Crippen LogP contribution in [0.3, 0.4) is 0 Å². The molecule has 0 radical (unpaired) electrons. The molecule has 1 aliphatic heterocycles. The number of hydrogen-bond donors (Lipinski definition) is 3. The first kappa shape index (κ1) is 19.2. The number of aromatic amines is 1. The van der Waals surface area contributed by atoms with E-state index in [2.05, 4.69) is 26.3 Å². The lowest BCUT2D eigenvalue weighted by Crippen LogP contribution is -2.40. The van der Waals surface area contributed by atoms with Gasteiger partial charge in [-0.25, -0.2) is 4.98 Å². The molecule has 6 nitrogen and oxygen atoms in total. The standard InChI is InChI=1S/C19H28N4O2S/c24-18(13-23-7-9-26-10-8-23)14-25-19-4-2-1-3-16(19)11-20-6-5-17-12-21-15-22-17/h1-4,12,15,18,20,24H,5-11,13-14H2,(H,21,22). The highest BCUT2D eigenvalue weighted by atomic mass is 32.2. The van der Waals surface area contributed by atoms with E-state index in [4.69, 9.17) is 4.74 Å². The summed E-state index contributed by atoms with van der Waals surface area (Å²) in [6, 6.07) is 8.02. The summed E-state index contributed by atoms with van der Waals surface area (Å²) in [7, 11) is 0. The second kappa shape index (κ2) is 10.6. The minimum absolute atomic E-state index is 0.328. The molecule has 1 aromatic carbocycles. The number of aromatic nitrogens is 2. The summed E-state index contributed by atoms with van der Waals surface area (Å²) < 4.78 is 5.91. The van der Waals surface area contributed by atoms with E-state index in [9.17, 15) is 5.11 Å². The quantitative estimate of drug-likeness (QED) is 0.546. The van der Waals surface area contributed by atoms with E-state index in [1.165, 1.54) is 0 Å². The molecule has 1 atom stereocenters. The molecule has 26 heavy (non-hydrogen) atoms. The Bertz CT molecular complexity index is 632. The molecule has 1 unspecified atom stereocenters. The van der Waals surface area contributed by atoms with E-state index in [0.717, 1.165) is 61.1 Å². The van der Waals surface area contributed by atoms with Crippen molar-refractivity contribution in [3.8, 4) is 5.75 Å². The first-order valence-corrected chi connectivity index (χ1v) is 10.3. The van der Waals surface area contributed by atoms with E-state index in [0.29, 0.717) is 13.2 Å². The van der Waals surface area contributed by atoms with Gasteiger partial charge in [-0.3, -0.25) is 4.90 Å². The summed E-state index contributed by atoms with van der Waals surface area (Å²) >= 11 is 1.98. The summed E-state index contributed by atoms with van der Waals surface area (Å²) in [5, 5.41) is 13.7. The molecule has 0 bridgehead atoms. The summed E-state index contributed by atoms with van der Waals surface area (Å²) in [6.07, 6.45) is 4.00. The number of H-pyrrole nitrogens is 1. The smallest absolute Gasteiger partial charge is 0.123 e. The molecule has 3 N–H and O–H groups in total. The topological polar surface area (TPSA) is 73.4 Å². The summed E-state index contributed by atoms with van der Waals surface area (Å²) in [6.45, 7) is 4.73. The third-order valence-corrected chi connectivity index (χ3v) is 5.36. The van der Waals surface area contributed by atoms with Crippen LogP contribution in [0.1, 0.15) is 11.3 Å². The zero-order valence-corrected chi connectivity index (χ0v) is 15.9. The third-order valence-electron chi connectivity index (χ3n) is 4.42. The van der Waals surface area contributed by atoms with Gasteiger partial charge in [-0.1, -0.05) is 18.2 Å². The van der Waals surface area contributed by atoms with Gasteiger partial charge in [0.05, 0.1) is 6.33 Å². The number of imidazole rings is 1. The maximum Gasteiger partial charge on any atom is 0.123 e. The minimum Gasteiger partial charge on any atom is -0.491 e. The van der Waals surface area contributed by atoms with Crippen LogP contribution in [0.25, 0.3) is 0 Å². The fourth-order valence-corrected chi connectivity index (χ4v) is 3.96. The number of benzene rings is 1. The normalized spacial score (nSPS) is 16.5. The zero-order chi connectivity index (χ0) is 18.0. The molecule has 1 aromatic heterocycles. The first-order chi connectivity index (χ1) is 12.8. The molecule has 0 aliphatic carbocycles. The maximum absolute atomic E-state index is 10.3. The van der Waals surface area contributed by atoms with Crippen molar-refractivity contribution >= 4 is 11.8 Å². The van der Waals surface area contributed by atoms with Gasteiger partial charge in [0.2, 0.25) is 0 Å². The van der Waals surface area contributed by atoms with Crippen molar-refractivity contribution in [1.29, 1.82) is 0 Å². The minimum atomic E-state index is -0.459. The van der Waals surface area contributed by atoms with Gasteiger partial charge >= 0.3 is 0 Å².